The lowest BCUT2D eigenvalue weighted by atomic mass is 10.0. The quantitative estimate of drug-likeness (QED) is 0.590. The van der Waals surface area contributed by atoms with Crippen LogP contribution in [0.1, 0.15) is 11.1 Å². The molecule has 3 aromatic rings. The minimum absolute atomic E-state index is 0.260. The summed E-state index contributed by atoms with van der Waals surface area (Å²) in [7, 11) is 0. The zero-order chi connectivity index (χ0) is 14.3. The number of aromatic nitrogens is 1. The number of hydrogen-bond donors (Lipinski definition) is 0. The van der Waals surface area contributed by atoms with Crippen LogP contribution < -0.4 is 0 Å². The Morgan fingerprint density at radius 2 is 1.65 bits per heavy atom. The lowest BCUT2D eigenvalue weighted by Gasteiger charge is -2.12. The molecule has 2 aromatic carbocycles. The van der Waals surface area contributed by atoms with E-state index in [9.17, 15) is 4.39 Å². The first-order valence-electron chi connectivity index (χ1n) is 6.40. The van der Waals surface area contributed by atoms with E-state index in [1.165, 1.54) is 6.07 Å². The number of nitrogens with zero attached hydrogens (tertiary/aromatic N) is 1. The van der Waals surface area contributed by atoms with Gasteiger partial charge in [-0.05, 0) is 31.5 Å². The molecule has 0 unspecified atom stereocenters. The lowest BCUT2D eigenvalue weighted by molar-refractivity contribution is 0.620. The van der Waals surface area contributed by atoms with E-state index in [2.05, 4.69) is 4.98 Å². The van der Waals surface area contributed by atoms with E-state index >= 15 is 0 Å². The number of aryl methyl sites for hydroxylation is 1. The number of pyridine rings is 1. The third-order valence-electron chi connectivity index (χ3n) is 3.56. The highest BCUT2D eigenvalue weighted by Crippen LogP contribution is 2.34. The predicted octanol–water partition coefficient (Wildman–Crippen LogP) is 5.31. The van der Waals surface area contributed by atoms with Crippen molar-refractivity contribution in [3.63, 3.8) is 0 Å². The van der Waals surface area contributed by atoms with Crippen molar-refractivity contribution < 1.29 is 4.39 Å². The fourth-order valence-electron chi connectivity index (χ4n) is 2.38. The van der Waals surface area contributed by atoms with Gasteiger partial charge in [-0.25, -0.2) is 9.37 Å². The zero-order valence-electron chi connectivity index (χ0n) is 11.2. The fourth-order valence-corrected chi connectivity index (χ4v) is 2.62. The van der Waals surface area contributed by atoms with Crippen LogP contribution in [-0.2, 0) is 0 Å². The molecule has 0 saturated heterocycles. The van der Waals surface area contributed by atoms with Crippen LogP contribution in [0.5, 0.6) is 0 Å². The fraction of sp³-hybridized carbons (Fsp3) is 0.118. The van der Waals surface area contributed by atoms with Crippen molar-refractivity contribution in [2.45, 2.75) is 13.8 Å². The van der Waals surface area contributed by atoms with Crippen LogP contribution in [0.4, 0.5) is 4.39 Å². The van der Waals surface area contributed by atoms with Crippen molar-refractivity contribution in [3.05, 3.63) is 64.4 Å². The summed E-state index contributed by atoms with van der Waals surface area (Å²) in [6, 6.07) is 12.9. The van der Waals surface area contributed by atoms with Crippen molar-refractivity contribution in [3.8, 4) is 11.3 Å². The second-order valence-electron chi connectivity index (χ2n) is 4.83. The first kappa shape index (κ1) is 13.1. The third kappa shape index (κ3) is 1.97. The molecule has 0 spiro atoms. The monoisotopic (exact) mass is 285 g/mol. The van der Waals surface area contributed by atoms with E-state index in [1.807, 2.05) is 37.3 Å². The van der Waals surface area contributed by atoms with Gasteiger partial charge in [0, 0.05) is 16.5 Å². The second-order valence-corrected chi connectivity index (χ2v) is 5.21. The lowest BCUT2D eigenvalue weighted by Crippen LogP contribution is -1.95. The molecule has 0 aliphatic heterocycles. The van der Waals surface area contributed by atoms with Crippen LogP contribution in [0, 0.1) is 19.7 Å². The van der Waals surface area contributed by atoms with Gasteiger partial charge in [-0.3, -0.25) is 0 Å². The first-order valence-corrected chi connectivity index (χ1v) is 6.77. The van der Waals surface area contributed by atoms with E-state index < -0.39 is 0 Å². The number of hydrogen-bond acceptors (Lipinski definition) is 1. The Hall–Kier alpha value is -1.93. The van der Waals surface area contributed by atoms with E-state index in [1.54, 1.807) is 13.0 Å². The minimum Gasteiger partial charge on any atom is -0.247 e. The van der Waals surface area contributed by atoms with E-state index in [0.717, 1.165) is 22.2 Å². The molecule has 0 fully saturated rings. The van der Waals surface area contributed by atoms with Crippen LogP contribution in [-0.4, -0.2) is 4.98 Å². The highest BCUT2D eigenvalue weighted by molar-refractivity contribution is 6.36. The van der Waals surface area contributed by atoms with Crippen LogP contribution in [0.2, 0.25) is 5.02 Å². The maximum Gasteiger partial charge on any atom is 0.128 e. The molecule has 0 N–H and O–H groups in total. The second kappa shape index (κ2) is 4.88. The topological polar surface area (TPSA) is 12.9 Å². The molecule has 1 nitrogen and oxygen atoms in total. The van der Waals surface area contributed by atoms with E-state index in [-0.39, 0.29) is 5.82 Å². The molecular formula is C17H13ClFN. The van der Waals surface area contributed by atoms with Gasteiger partial charge in [0.05, 0.1) is 16.2 Å². The molecule has 3 rings (SSSR count). The van der Waals surface area contributed by atoms with Gasteiger partial charge in [0.1, 0.15) is 5.82 Å². The minimum atomic E-state index is -0.260. The molecule has 0 aliphatic rings. The Bertz CT molecular complexity index is 797. The predicted molar refractivity (Wildman–Crippen MR) is 81.6 cm³/mol. The summed E-state index contributed by atoms with van der Waals surface area (Å²) in [6.07, 6.45) is 0. The highest BCUT2D eigenvalue weighted by Gasteiger charge is 2.14. The van der Waals surface area contributed by atoms with Crippen molar-refractivity contribution in [1.29, 1.82) is 0 Å². The van der Waals surface area contributed by atoms with Gasteiger partial charge in [-0.15, -0.1) is 0 Å². The van der Waals surface area contributed by atoms with Gasteiger partial charge in [0.2, 0.25) is 0 Å². The maximum absolute atomic E-state index is 13.7. The Balaban J connectivity index is 2.40. The molecule has 1 heterocycles. The summed E-state index contributed by atoms with van der Waals surface area (Å²) >= 11 is 6.44. The molecule has 0 bridgehead atoms. The van der Waals surface area contributed by atoms with Crippen molar-refractivity contribution in [2.75, 3.05) is 0 Å². The summed E-state index contributed by atoms with van der Waals surface area (Å²) in [5.41, 5.74) is 3.85. The Morgan fingerprint density at radius 1 is 0.950 bits per heavy atom. The number of rotatable bonds is 1. The maximum atomic E-state index is 13.7. The van der Waals surface area contributed by atoms with Gasteiger partial charge in [-0.2, -0.15) is 0 Å². The third-order valence-corrected chi connectivity index (χ3v) is 4.04. The van der Waals surface area contributed by atoms with E-state index in [4.69, 9.17) is 11.6 Å². The van der Waals surface area contributed by atoms with Gasteiger partial charge in [0.25, 0.3) is 0 Å². The molecular weight excluding hydrogens is 273 g/mol. The van der Waals surface area contributed by atoms with Crippen molar-refractivity contribution in [1.82, 2.24) is 4.98 Å². The van der Waals surface area contributed by atoms with Crippen LogP contribution in [0.25, 0.3) is 22.2 Å². The van der Waals surface area contributed by atoms with Crippen molar-refractivity contribution in [2.24, 2.45) is 0 Å². The summed E-state index contributed by atoms with van der Waals surface area (Å²) in [5, 5.41) is 1.43. The summed E-state index contributed by atoms with van der Waals surface area (Å²) < 4.78 is 13.7. The molecule has 0 saturated carbocycles. The average molecular weight is 286 g/mol. The smallest absolute Gasteiger partial charge is 0.128 e. The Labute approximate surface area is 122 Å². The van der Waals surface area contributed by atoms with Crippen LogP contribution in [0.15, 0.2) is 42.5 Å². The van der Waals surface area contributed by atoms with Crippen LogP contribution >= 0.6 is 11.6 Å². The molecule has 0 radical (unpaired) electrons. The first-order chi connectivity index (χ1) is 9.59. The van der Waals surface area contributed by atoms with Gasteiger partial charge >= 0.3 is 0 Å². The zero-order valence-corrected chi connectivity index (χ0v) is 12.0. The normalized spacial score (nSPS) is 11.0. The molecule has 3 heteroatoms. The summed E-state index contributed by atoms with van der Waals surface area (Å²) in [4.78, 5) is 4.64. The largest absolute Gasteiger partial charge is 0.247 e. The molecule has 100 valence electrons. The molecule has 0 amide bonds. The molecule has 1 aromatic heterocycles. The van der Waals surface area contributed by atoms with Gasteiger partial charge < -0.3 is 0 Å². The summed E-state index contributed by atoms with van der Waals surface area (Å²) in [6.45, 7) is 3.67. The Morgan fingerprint density at radius 3 is 2.35 bits per heavy atom. The number of benzene rings is 2. The highest BCUT2D eigenvalue weighted by atomic mass is 35.5. The number of halogens is 2. The molecule has 0 aliphatic carbocycles. The van der Waals surface area contributed by atoms with Crippen LogP contribution in [0.3, 0.4) is 0 Å². The Kier molecular flexibility index (Phi) is 3.19. The standard InChI is InChI=1S/C17H13ClFN/c1-10-14(19)9-8-13-15(18)11(2)16(20-17(10)13)12-6-4-3-5-7-12/h3-9H,1-2H3. The summed E-state index contributed by atoms with van der Waals surface area (Å²) in [5.74, 6) is -0.260. The average Bonchev–Trinajstić information content (AvgIpc) is 2.47. The van der Waals surface area contributed by atoms with E-state index in [0.29, 0.717) is 16.1 Å². The molecule has 20 heavy (non-hydrogen) atoms. The van der Waals surface area contributed by atoms with Gasteiger partial charge in [0.15, 0.2) is 0 Å². The number of fused-ring (bicyclic) bond motifs is 1. The SMILES string of the molecule is Cc1c(-c2ccccc2)nc2c(C)c(F)ccc2c1Cl. The molecule has 0 atom stereocenters. The van der Waals surface area contributed by atoms with Crippen molar-refractivity contribution >= 4 is 22.5 Å². The van der Waals surface area contributed by atoms with Gasteiger partial charge in [-0.1, -0.05) is 41.9 Å².